The number of nitrogens with one attached hydrogen (secondary N) is 1. The van der Waals surface area contributed by atoms with Crippen LogP contribution in [0.4, 0.5) is 0 Å². The molecule has 0 radical (unpaired) electrons. The van der Waals surface area contributed by atoms with E-state index in [4.69, 9.17) is 9.47 Å². The predicted octanol–water partition coefficient (Wildman–Crippen LogP) is 11.6. The fraction of sp³-hybridized carbons (Fsp3) is 0.865. The zero-order valence-corrected chi connectivity index (χ0v) is 39.4. The second-order valence-electron chi connectivity index (χ2n) is 18.0. The minimum Gasteiger partial charge on any atom is -0.394 e. The molecule has 0 bridgehead atoms. The first-order valence-electron chi connectivity index (χ1n) is 25.7. The SMILES string of the molecule is CCCCCCCC/C=C/CC/C=C/C(O)C(COC1OC(CO)C(O)C(O)C1O)NC(=O)CCCCCCCCCCCC/C=C\CCCCCCCCCCCCCC. The number of amides is 1. The molecule has 1 rings (SSSR count). The molecule has 7 atom stereocenters. The van der Waals surface area contributed by atoms with Crippen LogP contribution in [0.1, 0.15) is 232 Å². The Hall–Kier alpha value is -1.59. The van der Waals surface area contributed by atoms with Crippen LogP contribution < -0.4 is 5.32 Å². The van der Waals surface area contributed by atoms with Gasteiger partial charge in [0, 0.05) is 6.42 Å². The lowest BCUT2D eigenvalue weighted by Crippen LogP contribution is -2.60. The summed E-state index contributed by atoms with van der Waals surface area (Å²) in [6.45, 7) is 3.75. The molecule has 1 saturated heterocycles. The van der Waals surface area contributed by atoms with Crippen LogP contribution in [0.5, 0.6) is 0 Å². The number of ether oxygens (including phenoxy) is 2. The van der Waals surface area contributed by atoms with Crippen molar-refractivity contribution in [3.63, 3.8) is 0 Å². The van der Waals surface area contributed by atoms with Crippen molar-refractivity contribution >= 4 is 5.91 Å². The van der Waals surface area contributed by atoms with E-state index in [1.807, 2.05) is 6.08 Å². The molecule has 9 nitrogen and oxygen atoms in total. The second kappa shape index (κ2) is 42.4. The molecule has 358 valence electrons. The number of aliphatic hydroxyl groups is 5. The summed E-state index contributed by atoms with van der Waals surface area (Å²) >= 11 is 0. The van der Waals surface area contributed by atoms with E-state index in [0.29, 0.717) is 6.42 Å². The van der Waals surface area contributed by atoms with Crippen LogP contribution in [-0.2, 0) is 14.3 Å². The molecule has 0 spiro atoms. The van der Waals surface area contributed by atoms with E-state index >= 15 is 0 Å². The highest BCUT2D eigenvalue weighted by Gasteiger charge is 2.44. The maximum atomic E-state index is 13.0. The Morgan fingerprint density at radius 2 is 0.934 bits per heavy atom. The molecule has 9 heteroatoms. The number of carbonyl (C=O) groups excluding carboxylic acids is 1. The van der Waals surface area contributed by atoms with Gasteiger partial charge in [-0.05, 0) is 57.8 Å². The van der Waals surface area contributed by atoms with Crippen molar-refractivity contribution in [2.75, 3.05) is 13.2 Å². The largest absolute Gasteiger partial charge is 0.394 e. The van der Waals surface area contributed by atoms with Crippen molar-refractivity contribution in [1.82, 2.24) is 5.32 Å². The minimum absolute atomic E-state index is 0.188. The van der Waals surface area contributed by atoms with Crippen molar-refractivity contribution in [3.05, 3.63) is 36.5 Å². The highest BCUT2D eigenvalue weighted by molar-refractivity contribution is 5.76. The summed E-state index contributed by atoms with van der Waals surface area (Å²) in [7, 11) is 0. The maximum absolute atomic E-state index is 13.0. The van der Waals surface area contributed by atoms with Gasteiger partial charge in [0.2, 0.25) is 5.91 Å². The molecule has 61 heavy (non-hydrogen) atoms. The molecule has 1 fully saturated rings. The van der Waals surface area contributed by atoms with Crippen molar-refractivity contribution in [2.45, 2.75) is 275 Å². The standard InChI is InChI=1S/C52H97NO8/c1-3-5-7-9-11-13-15-17-18-19-20-21-22-23-24-25-26-27-28-29-30-32-34-36-38-40-42-48(56)53-45(44-60-52-51(59)50(58)49(57)47(43-54)61-52)46(55)41-39-37-35-33-31-16-14-12-10-8-6-4-2/h23-24,31,33,39,41,45-47,49-52,54-55,57-59H,3-22,25-30,32,34-38,40,42-44H2,1-2H3,(H,53,56)/b24-23-,33-31+,41-39+. The van der Waals surface area contributed by atoms with Crippen LogP contribution in [-0.4, -0.2) is 87.5 Å². The molecule has 0 aromatic rings. The average molecular weight is 864 g/mol. The van der Waals surface area contributed by atoms with E-state index in [1.165, 1.54) is 173 Å². The van der Waals surface area contributed by atoms with Crippen LogP contribution in [0, 0.1) is 0 Å². The van der Waals surface area contributed by atoms with Gasteiger partial charge in [-0.2, -0.15) is 0 Å². The van der Waals surface area contributed by atoms with Gasteiger partial charge >= 0.3 is 0 Å². The molecule has 0 aliphatic carbocycles. The van der Waals surface area contributed by atoms with Gasteiger partial charge in [-0.1, -0.05) is 204 Å². The normalized spacial score (nSPS) is 20.7. The third-order valence-corrected chi connectivity index (χ3v) is 12.2. The highest BCUT2D eigenvalue weighted by Crippen LogP contribution is 2.23. The maximum Gasteiger partial charge on any atom is 0.220 e. The van der Waals surface area contributed by atoms with Crippen molar-refractivity contribution < 1.29 is 39.8 Å². The van der Waals surface area contributed by atoms with E-state index < -0.39 is 49.5 Å². The summed E-state index contributed by atoms with van der Waals surface area (Å²) in [5.74, 6) is -0.188. The van der Waals surface area contributed by atoms with Crippen LogP contribution in [0.2, 0.25) is 0 Å². The van der Waals surface area contributed by atoms with E-state index in [9.17, 15) is 30.3 Å². The van der Waals surface area contributed by atoms with Gasteiger partial charge in [0.05, 0.1) is 25.4 Å². The molecule has 0 aromatic carbocycles. The quantitative estimate of drug-likeness (QED) is 0.0262. The summed E-state index contributed by atoms with van der Waals surface area (Å²) in [4.78, 5) is 13.0. The number of rotatable bonds is 43. The first-order valence-corrected chi connectivity index (χ1v) is 25.7. The van der Waals surface area contributed by atoms with Crippen LogP contribution in [0.3, 0.4) is 0 Å². The lowest BCUT2D eigenvalue weighted by molar-refractivity contribution is -0.302. The van der Waals surface area contributed by atoms with Gasteiger partial charge in [0.25, 0.3) is 0 Å². The molecule has 1 aliphatic heterocycles. The van der Waals surface area contributed by atoms with Gasteiger partial charge in [-0.25, -0.2) is 0 Å². The summed E-state index contributed by atoms with van der Waals surface area (Å²) in [6, 6.07) is -0.820. The van der Waals surface area contributed by atoms with Gasteiger partial charge in [0.15, 0.2) is 6.29 Å². The van der Waals surface area contributed by atoms with E-state index in [0.717, 1.165) is 38.5 Å². The number of aliphatic hydroxyl groups excluding tert-OH is 5. The first-order chi connectivity index (χ1) is 29.8. The molecule has 7 unspecified atom stereocenters. The summed E-state index contributed by atoms with van der Waals surface area (Å²) in [5, 5.41) is 54.2. The monoisotopic (exact) mass is 864 g/mol. The van der Waals surface area contributed by atoms with E-state index in [1.54, 1.807) is 6.08 Å². The Labute approximate surface area is 374 Å². The predicted molar refractivity (Wildman–Crippen MR) is 253 cm³/mol. The topological polar surface area (TPSA) is 149 Å². The lowest BCUT2D eigenvalue weighted by Gasteiger charge is -2.40. The van der Waals surface area contributed by atoms with Gasteiger partial charge < -0.3 is 40.3 Å². The Morgan fingerprint density at radius 3 is 1.38 bits per heavy atom. The first kappa shape index (κ1) is 57.4. The van der Waals surface area contributed by atoms with Crippen LogP contribution in [0.15, 0.2) is 36.5 Å². The van der Waals surface area contributed by atoms with Gasteiger partial charge in [-0.3, -0.25) is 4.79 Å². The number of allylic oxidation sites excluding steroid dienone is 5. The Bertz CT molecular complexity index is 1050. The van der Waals surface area contributed by atoms with Crippen LogP contribution in [0.25, 0.3) is 0 Å². The second-order valence-corrected chi connectivity index (χ2v) is 18.0. The number of hydrogen-bond donors (Lipinski definition) is 6. The van der Waals surface area contributed by atoms with Crippen molar-refractivity contribution in [3.8, 4) is 0 Å². The fourth-order valence-electron chi connectivity index (χ4n) is 8.05. The zero-order valence-electron chi connectivity index (χ0n) is 39.4. The number of carbonyl (C=O) groups is 1. The number of unbranched alkanes of at least 4 members (excludes halogenated alkanes) is 29. The summed E-state index contributed by atoms with van der Waals surface area (Å²) in [5.41, 5.74) is 0. The molecule has 6 N–H and O–H groups in total. The summed E-state index contributed by atoms with van der Waals surface area (Å²) < 4.78 is 11.2. The Morgan fingerprint density at radius 1 is 0.541 bits per heavy atom. The Balaban J connectivity index is 2.22. The molecule has 1 amide bonds. The van der Waals surface area contributed by atoms with E-state index in [-0.39, 0.29) is 12.5 Å². The smallest absolute Gasteiger partial charge is 0.220 e. The minimum atomic E-state index is -1.57. The summed E-state index contributed by atoms with van der Waals surface area (Å²) in [6.07, 6.45) is 46.4. The average Bonchev–Trinajstić information content (AvgIpc) is 3.26. The van der Waals surface area contributed by atoms with Gasteiger partial charge in [0.1, 0.15) is 24.4 Å². The third-order valence-electron chi connectivity index (χ3n) is 12.2. The lowest BCUT2D eigenvalue weighted by atomic mass is 9.99. The van der Waals surface area contributed by atoms with Crippen LogP contribution >= 0.6 is 0 Å². The third kappa shape index (κ3) is 32.7. The molecule has 1 aliphatic rings. The molecule has 0 saturated carbocycles. The van der Waals surface area contributed by atoms with Crippen molar-refractivity contribution in [1.29, 1.82) is 0 Å². The van der Waals surface area contributed by atoms with E-state index in [2.05, 4.69) is 43.5 Å². The fourth-order valence-corrected chi connectivity index (χ4v) is 8.05. The Kier molecular flexibility index (Phi) is 39.9. The highest BCUT2D eigenvalue weighted by atomic mass is 16.7. The zero-order chi connectivity index (χ0) is 44.4. The molecular formula is C52H97NO8. The van der Waals surface area contributed by atoms with Gasteiger partial charge in [-0.15, -0.1) is 0 Å². The molecule has 0 aromatic heterocycles. The molecule has 1 heterocycles. The van der Waals surface area contributed by atoms with Crippen molar-refractivity contribution in [2.24, 2.45) is 0 Å². The molecular weight excluding hydrogens is 767 g/mol. The number of hydrogen-bond acceptors (Lipinski definition) is 8.